The summed E-state index contributed by atoms with van der Waals surface area (Å²) in [5.74, 6) is 0.450. The molecule has 1 atom stereocenters. The van der Waals surface area contributed by atoms with Crippen molar-refractivity contribution in [3.05, 3.63) is 12.2 Å². The summed E-state index contributed by atoms with van der Waals surface area (Å²) in [4.78, 5) is 10.3. The van der Waals surface area contributed by atoms with Gasteiger partial charge < -0.3 is 4.74 Å². The number of ether oxygens (including phenoxy) is 1. The van der Waals surface area contributed by atoms with E-state index < -0.39 is 0 Å². The summed E-state index contributed by atoms with van der Waals surface area (Å²) in [5.41, 5.74) is 1.30. The van der Waals surface area contributed by atoms with Crippen LogP contribution in [0, 0.1) is 5.92 Å². The molecule has 0 bridgehead atoms. The Bertz CT molecular complexity index is 161. The lowest BCUT2D eigenvalue weighted by Gasteiger charge is -1.97. The molecule has 0 spiro atoms. The molecule has 1 saturated carbocycles. The Labute approximate surface area is 60.9 Å². The number of carbonyl (C=O) groups excluding carboxylic acids is 1. The number of allylic oxidation sites excluding steroid dienone is 1. The van der Waals surface area contributed by atoms with E-state index in [0.29, 0.717) is 12.5 Å². The molecule has 56 valence electrons. The van der Waals surface area contributed by atoms with E-state index in [-0.39, 0.29) is 5.97 Å². The van der Waals surface area contributed by atoms with E-state index in [4.69, 9.17) is 4.74 Å². The van der Waals surface area contributed by atoms with Crippen molar-refractivity contribution in [2.24, 2.45) is 5.92 Å². The highest BCUT2D eigenvalue weighted by molar-refractivity contribution is 5.65. The van der Waals surface area contributed by atoms with Gasteiger partial charge in [0.1, 0.15) is 0 Å². The average molecular weight is 140 g/mol. The zero-order valence-corrected chi connectivity index (χ0v) is 6.22. The zero-order chi connectivity index (χ0) is 7.56. The largest absolute Gasteiger partial charge is 0.466 e. The fraction of sp³-hybridized carbons (Fsp3) is 0.625. The van der Waals surface area contributed by atoms with E-state index in [1.807, 2.05) is 0 Å². The van der Waals surface area contributed by atoms with Crippen molar-refractivity contribution in [3.63, 3.8) is 0 Å². The van der Waals surface area contributed by atoms with Crippen molar-refractivity contribution in [1.29, 1.82) is 0 Å². The Morgan fingerprint density at radius 1 is 1.90 bits per heavy atom. The first-order valence-corrected chi connectivity index (χ1v) is 3.51. The first kappa shape index (κ1) is 7.32. The highest BCUT2D eigenvalue weighted by atomic mass is 16.5. The molecular weight excluding hydrogens is 128 g/mol. The second-order valence-electron chi connectivity index (χ2n) is 2.69. The van der Waals surface area contributed by atoms with E-state index >= 15 is 0 Å². The third-order valence-corrected chi connectivity index (χ3v) is 1.70. The van der Waals surface area contributed by atoms with Gasteiger partial charge in [-0.15, -0.1) is 0 Å². The molecule has 0 aromatic heterocycles. The van der Waals surface area contributed by atoms with Gasteiger partial charge in [-0.2, -0.15) is 0 Å². The van der Waals surface area contributed by atoms with Gasteiger partial charge in [0.05, 0.1) is 6.61 Å². The molecule has 1 aliphatic rings. The first-order valence-electron chi connectivity index (χ1n) is 3.51. The van der Waals surface area contributed by atoms with E-state index in [9.17, 15) is 4.79 Å². The molecule has 0 saturated heterocycles. The molecule has 1 fully saturated rings. The third-order valence-electron chi connectivity index (χ3n) is 1.70. The van der Waals surface area contributed by atoms with Crippen LogP contribution in [-0.2, 0) is 9.53 Å². The van der Waals surface area contributed by atoms with Gasteiger partial charge >= 0.3 is 5.97 Å². The van der Waals surface area contributed by atoms with Crippen LogP contribution in [0.15, 0.2) is 12.2 Å². The Morgan fingerprint density at radius 3 is 2.90 bits per heavy atom. The minimum Gasteiger partial charge on any atom is -0.466 e. The number of hydrogen-bond donors (Lipinski definition) is 0. The van der Waals surface area contributed by atoms with Crippen LogP contribution in [0.4, 0.5) is 0 Å². The smallest absolute Gasteiger partial charge is 0.302 e. The molecular formula is C8H12O2. The number of esters is 1. The molecule has 0 aromatic rings. The number of hydrogen-bond acceptors (Lipinski definition) is 2. The molecule has 1 rings (SSSR count). The van der Waals surface area contributed by atoms with Gasteiger partial charge in [0, 0.05) is 6.92 Å². The maximum atomic E-state index is 10.3. The van der Waals surface area contributed by atoms with Gasteiger partial charge in [0.15, 0.2) is 0 Å². The molecule has 1 aliphatic carbocycles. The van der Waals surface area contributed by atoms with Crippen LogP contribution < -0.4 is 0 Å². The topological polar surface area (TPSA) is 26.3 Å². The standard InChI is InChI=1S/C8H12O2/c1-6-5-8(6)3-4-10-7(2)9/h8H,1,3-5H2,2H3. The second kappa shape index (κ2) is 2.86. The van der Waals surface area contributed by atoms with Gasteiger partial charge in [-0.1, -0.05) is 12.2 Å². The van der Waals surface area contributed by atoms with Gasteiger partial charge in [0.2, 0.25) is 0 Å². The SMILES string of the molecule is C=C1CC1CCOC(C)=O. The predicted octanol–water partition coefficient (Wildman–Crippen LogP) is 1.52. The van der Waals surface area contributed by atoms with E-state index in [2.05, 4.69) is 6.58 Å². The number of rotatable bonds is 3. The Morgan fingerprint density at radius 2 is 2.50 bits per heavy atom. The summed E-state index contributed by atoms with van der Waals surface area (Å²) in [6, 6.07) is 0. The predicted molar refractivity (Wildman–Crippen MR) is 38.5 cm³/mol. The highest BCUT2D eigenvalue weighted by Gasteiger charge is 2.26. The van der Waals surface area contributed by atoms with Crippen molar-refractivity contribution < 1.29 is 9.53 Å². The van der Waals surface area contributed by atoms with Gasteiger partial charge in [-0.05, 0) is 18.8 Å². The molecule has 2 heteroatoms. The van der Waals surface area contributed by atoms with Crippen molar-refractivity contribution >= 4 is 5.97 Å². The molecule has 0 radical (unpaired) electrons. The fourth-order valence-electron chi connectivity index (χ4n) is 0.909. The van der Waals surface area contributed by atoms with E-state index in [0.717, 1.165) is 12.8 Å². The zero-order valence-electron chi connectivity index (χ0n) is 6.22. The van der Waals surface area contributed by atoms with Crippen LogP contribution in [0.25, 0.3) is 0 Å². The minimum absolute atomic E-state index is 0.189. The first-order chi connectivity index (χ1) is 4.70. The second-order valence-corrected chi connectivity index (χ2v) is 2.69. The molecule has 10 heavy (non-hydrogen) atoms. The summed E-state index contributed by atoms with van der Waals surface area (Å²) in [6.45, 7) is 5.79. The normalized spacial score (nSPS) is 22.5. The minimum atomic E-state index is -0.189. The molecule has 0 amide bonds. The van der Waals surface area contributed by atoms with Crippen LogP contribution in [0.2, 0.25) is 0 Å². The summed E-state index contributed by atoms with van der Waals surface area (Å²) in [5, 5.41) is 0. The van der Waals surface area contributed by atoms with Crippen LogP contribution >= 0.6 is 0 Å². The molecule has 0 aromatic carbocycles. The monoisotopic (exact) mass is 140 g/mol. The van der Waals surface area contributed by atoms with Crippen LogP contribution in [0.5, 0.6) is 0 Å². The Kier molecular flexibility index (Phi) is 2.10. The van der Waals surface area contributed by atoms with Crippen molar-refractivity contribution in [3.8, 4) is 0 Å². The van der Waals surface area contributed by atoms with Crippen molar-refractivity contribution in [2.45, 2.75) is 19.8 Å². The molecule has 0 aliphatic heterocycles. The molecule has 0 heterocycles. The average Bonchev–Trinajstić information content (AvgIpc) is 2.46. The van der Waals surface area contributed by atoms with Crippen LogP contribution in [0.1, 0.15) is 19.8 Å². The third kappa shape index (κ3) is 2.21. The van der Waals surface area contributed by atoms with Gasteiger partial charge in [-0.25, -0.2) is 0 Å². The maximum absolute atomic E-state index is 10.3. The Balaban J connectivity index is 1.96. The summed E-state index contributed by atoms with van der Waals surface area (Å²) in [6.07, 6.45) is 2.08. The van der Waals surface area contributed by atoms with Crippen LogP contribution in [-0.4, -0.2) is 12.6 Å². The summed E-state index contributed by atoms with van der Waals surface area (Å²) < 4.78 is 4.76. The lowest BCUT2D eigenvalue weighted by molar-refractivity contribution is -0.141. The van der Waals surface area contributed by atoms with Crippen LogP contribution in [0.3, 0.4) is 0 Å². The van der Waals surface area contributed by atoms with E-state index in [1.54, 1.807) is 0 Å². The van der Waals surface area contributed by atoms with Crippen molar-refractivity contribution in [2.75, 3.05) is 6.61 Å². The van der Waals surface area contributed by atoms with E-state index in [1.165, 1.54) is 12.5 Å². The quantitative estimate of drug-likeness (QED) is 0.439. The maximum Gasteiger partial charge on any atom is 0.302 e. The number of carbonyl (C=O) groups is 1. The molecule has 1 unspecified atom stereocenters. The summed E-state index contributed by atoms with van der Waals surface area (Å²) in [7, 11) is 0. The summed E-state index contributed by atoms with van der Waals surface area (Å²) >= 11 is 0. The molecule has 2 nitrogen and oxygen atoms in total. The molecule has 0 N–H and O–H groups in total. The Hall–Kier alpha value is -0.790. The van der Waals surface area contributed by atoms with Gasteiger partial charge in [0.25, 0.3) is 0 Å². The highest BCUT2D eigenvalue weighted by Crippen LogP contribution is 2.38. The van der Waals surface area contributed by atoms with Crippen molar-refractivity contribution in [1.82, 2.24) is 0 Å². The fourth-order valence-corrected chi connectivity index (χ4v) is 0.909. The lowest BCUT2D eigenvalue weighted by atomic mass is 10.3. The van der Waals surface area contributed by atoms with Gasteiger partial charge in [-0.3, -0.25) is 4.79 Å². The lowest BCUT2D eigenvalue weighted by Crippen LogP contribution is -2.00.